The van der Waals surface area contributed by atoms with Crippen LogP contribution in [0.2, 0.25) is 0 Å². The Kier molecular flexibility index (Phi) is 3.72. The molecular weight excluding hydrogens is 316 g/mol. The predicted octanol–water partition coefficient (Wildman–Crippen LogP) is 2.21. The van der Waals surface area contributed by atoms with Crippen LogP contribution in [0.15, 0.2) is 58.5 Å². The number of aromatic nitrogens is 4. The highest BCUT2D eigenvalue weighted by Crippen LogP contribution is 2.19. The van der Waals surface area contributed by atoms with E-state index in [2.05, 4.69) is 16.0 Å². The van der Waals surface area contributed by atoms with Crippen LogP contribution in [-0.2, 0) is 20.0 Å². The summed E-state index contributed by atoms with van der Waals surface area (Å²) in [5.41, 5.74) is 2.31. The van der Waals surface area contributed by atoms with Crippen LogP contribution < -0.4 is 11.2 Å². The van der Waals surface area contributed by atoms with Gasteiger partial charge in [0, 0.05) is 36.9 Å². The molecule has 0 atom stereocenters. The Morgan fingerprint density at radius 3 is 2.84 bits per heavy atom. The van der Waals surface area contributed by atoms with E-state index in [4.69, 9.17) is 0 Å². The van der Waals surface area contributed by atoms with Crippen molar-refractivity contribution >= 4 is 21.8 Å². The number of nitrogens with one attached hydrogen (secondary N) is 1. The third-order valence-corrected chi connectivity index (χ3v) is 4.66. The van der Waals surface area contributed by atoms with E-state index in [0.29, 0.717) is 23.9 Å². The number of rotatable bonds is 4. The highest BCUT2D eigenvalue weighted by Gasteiger charge is 2.11. The third kappa shape index (κ3) is 2.55. The van der Waals surface area contributed by atoms with Crippen LogP contribution in [0, 0.1) is 0 Å². The average Bonchev–Trinajstić information content (AvgIpc) is 3.06. The maximum absolute atomic E-state index is 12.6. The van der Waals surface area contributed by atoms with Crippen LogP contribution in [0.5, 0.6) is 0 Å². The topological polar surface area (TPSA) is 72.7 Å². The molecule has 0 bridgehead atoms. The normalized spacial score (nSPS) is 11.4. The lowest BCUT2D eigenvalue weighted by atomic mass is 10.1. The molecule has 126 valence electrons. The largest absolute Gasteiger partial charge is 0.361 e. The lowest BCUT2D eigenvalue weighted by Gasteiger charge is -2.10. The summed E-state index contributed by atoms with van der Waals surface area (Å²) in [7, 11) is 1.67. The van der Waals surface area contributed by atoms with Crippen molar-refractivity contribution in [2.75, 3.05) is 0 Å². The molecule has 0 fully saturated rings. The number of hydrogen-bond donors (Lipinski definition) is 1. The second kappa shape index (κ2) is 6.05. The van der Waals surface area contributed by atoms with Gasteiger partial charge in [0.2, 0.25) is 0 Å². The SMILES string of the molecule is Cn1c(=O)n(CCCc2c[nH]c3ccccc23)c(=O)c2ccncc21. The third-order valence-electron chi connectivity index (χ3n) is 4.66. The summed E-state index contributed by atoms with van der Waals surface area (Å²) in [6, 6.07) is 9.78. The Morgan fingerprint density at radius 2 is 1.96 bits per heavy atom. The van der Waals surface area contributed by atoms with Gasteiger partial charge in [-0.15, -0.1) is 0 Å². The molecule has 6 nitrogen and oxygen atoms in total. The summed E-state index contributed by atoms with van der Waals surface area (Å²) in [6.07, 6.45) is 6.64. The van der Waals surface area contributed by atoms with E-state index in [1.54, 1.807) is 25.5 Å². The molecule has 25 heavy (non-hydrogen) atoms. The van der Waals surface area contributed by atoms with Crippen molar-refractivity contribution in [3.63, 3.8) is 0 Å². The van der Waals surface area contributed by atoms with Crippen LogP contribution in [0.25, 0.3) is 21.8 Å². The number of pyridine rings is 1. The lowest BCUT2D eigenvalue weighted by Crippen LogP contribution is -2.39. The highest BCUT2D eigenvalue weighted by atomic mass is 16.2. The number of benzene rings is 1. The van der Waals surface area contributed by atoms with E-state index < -0.39 is 0 Å². The fourth-order valence-electron chi connectivity index (χ4n) is 3.31. The van der Waals surface area contributed by atoms with Crippen molar-refractivity contribution < 1.29 is 0 Å². The lowest BCUT2D eigenvalue weighted by molar-refractivity contribution is 0.574. The van der Waals surface area contributed by atoms with Crippen LogP contribution in [0.1, 0.15) is 12.0 Å². The summed E-state index contributed by atoms with van der Waals surface area (Å²) >= 11 is 0. The van der Waals surface area contributed by atoms with E-state index in [0.717, 1.165) is 11.9 Å². The second-order valence-electron chi connectivity index (χ2n) is 6.15. The van der Waals surface area contributed by atoms with Gasteiger partial charge in [-0.3, -0.25) is 18.9 Å². The molecule has 0 unspecified atom stereocenters. The van der Waals surface area contributed by atoms with Crippen LogP contribution in [0.4, 0.5) is 0 Å². The van der Waals surface area contributed by atoms with Crippen LogP contribution in [-0.4, -0.2) is 19.1 Å². The number of H-pyrrole nitrogens is 1. The Morgan fingerprint density at radius 1 is 1.12 bits per heavy atom. The van der Waals surface area contributed by atoms with Gasteiger partial charge in [-0.2, -0.15) is 0 Å². The minimum atomic E-state index is -0.301. The molecule has 6 heteroatoms. The van der Waals surface area contributed by atoms with Gasteiger partial charge in [0.15, 0.2) is 0 Å². The molecule has 0 aliphatic rings. The van der Waals surface area contributed by atoms with Crippen molar-refractivity contribution in [2.45, 2.75) is 19.4 Å². The molecule has 0 amide bonds. The molecule has 0 saturated heterocycles. The molecule has 3 aromatic heterocycles. The molecule has 4 aromatic rings. The Labute approximate surface area is 143 Å². The first-order valence-electron chi connectivity index (χ1n) is 8.25. The highest BCUT2D eigenvalue weighted by molar-refractivity contribution is 5.83. The summed E-state index contributed by atoms with van der Waals surface area (Å²) in [5.74, 6) is 0. The summed E-state index contributed by atoms with van der Waals surface area (Å²) in [5, 5.41) is 1.71. The number of para-hydroxylation sites is 1. The number of aromatic amines is 1. The van der Waals surface area contributed by atoms with Crippen molar-refractivity contribution in [3.05, 3.63) is 75.3 Å². The Balaban J connectivity index is 1.63. The number of aryl methyl sites for hydroxylation is 2. The molecule has 0 spiro atoms. The zero-order chi connectivity index (χ0) is 17.4. The Hall–Kier alpha value is -3.15. The summed E-state index contributed by atoms with van der Waals surface area (Å²) < 4.78 is 2.80. The van der Waals surface area contributed by atoms with Crippen molar-refractivity contribution in [2.24, 2.45) is 7.05 Å². The number of hydrogen-bond acceptors (Lipinski definition) is 3. The maximum Gasteiger partial charge on any atom is 0.331 e. The van der Waals surface area contributed by atoms with Gasteiger partial charge < -0.3 is 4.98 Å². The van der Waals surface area contributed by atoms with Crippen LogP contribution in [0.3, 0.4) is 0 Å². The molecule has 1 aromatic carbocycles. The summed E-state index contributed by atoms with van der Waals surface area (Å²) in [4.78, 5) is 32.4. The van der Waals surface area contributed by atoms with E-state index in [9.17, 15) is 9.59 Å². The number of fused-ring (bicyclic) bond motifs is 2. The van der Waals surface area contributed by atoms with Crippen molar-refractivity contribution in [3.8, 4) is 0 Å². The molecule has 0 aliphatic heterocycles. The van der Waals surface area contributed by atoms with Crippen molar-refractivity contribution in [1.82, 2.24) is 19.1 Å². The van der Waals surface area contributed by atoms with Gasteiger partial charge in [0.05, 0.1) is 17.1 Å². The van der Waals surface area contributed by atoms with Gasteiger partial charge in [-0.05, 0) is 30.5 Å². The minimum absolute atomic E-state index is 0.251. The smallest absolute Gasteiger partial charge is 0.331 e. The standard InChI is InChI=1S/C19H18N4O2/c1-22-17-12-20-9-8-15(17)18(24)23(19(22)25)10-4-5-13-11-21-16-7-3-2-6-14(13)16/h2-3,6-9,11-12,21H,4-5,10H2,1H3. The first kappa shape index (κ1) is 15.4. The minimum Gasteiger partial charge on any atom is -0.361 e. The molecule has 3 heterocycles. The fourth-order valence-corrected chi connectivity index (χ4v) is 3.31. The molecular formula is C19H18N4O2. The van der Waals surface area contributed by atoms with Gasteiger partial charge in [0.1, 0.15) is 0 Å². The predicted molar refractivity (Wildman–Crippen MR) is 97.9 cm³/mol. The molecule has 1 N–H and O–H groups in total. The number of nitrogens with zero attached hydrogens (tertiary/aromatic N) is 3. The quantitative estimate of drug-likeness (QED) is 0.622. The molecule has 0 aliphatic carbocycles. The summed E-state index contributed by atoms with van der Waals surface area (Å²) in [6.45, 7) is 0.392. The first-order chi connectivity index (χ1) is 12.2. The molecule has 4 rings (SSSR count). The van der Waals surface area contributed by atoms with E-state index >= 15 is 0 Å². The zero-order valence-corrected chi connectivity index (χ0v) is 13.9. The fraction of sp³-hybridized carbons (Fsp3) is 0.211. The van der Waals surface area contributed by atoms with E-state index in [1.165, 1.54) is 20.1 Å². The second-order valence-corrected chi connectivity index (χ2v) is 6.15. The maximum atomic E-state index is 12.6. The van der Waals surface area contributed by atoms with Crippen LogP contribution >= 0.6 is 0 Å². The molecule has 0 saturated carbocycles. The van der Waals surface area contributed by atoms with Gasteiger partial charge in [-0.1, -0.05) is 18.2 Å². The van der Waals surface area contributed by atoms with Crippen molar-refractivity contribution in [1.29, 1.82) is 0 Å². The van der Waals surface area contributed by atoms with Gasteiger partial charge >= 0.3 is 5.69 Å². The Bertz CT molecular complexity index is 1180. The zero-order valence-electron chi connectivity index (χ0n) is 13.9. The van der Waals surface area contributed by atoms with Gasteiger partial charge in [-0.25, -0.2) is 4.79 Å². The van der Waals surface area contributed by atoms with Gasteiger partial charge in [0.25, 0.3) is 5.56 Å². The van der Waals surface area contributed by atoms with E-state index in [1.807, 2.05) is 24.4 Å². The van der Waals surface area contributed by atoms with E-state index in [-0.39, 0.29) is 11.2 Å². The monoisotopic (exact) mass is 334 g/mol. The molecule has 0 radical (unpaired) electrons. The average molecular weight is 334 g/mol. The first-order valence-corrected chi connectivity index (χ1v) is 8.25.